The van der Waals surface area contributed by atoms with Crippen molar-refractivity contribution in [2.45, 2.75) is 80.8 Å². The Morgan fingerprint density at radius 3 is 1.19 bits per heavy atom. The number of halogens is 1. The second kappa shape index (κ2) is 26.1. The molecule has 1 aliphatic carbocycles. The van der Waals surface area contributed by atoms with Crippen molar-refractivity contribution < 1.29 is 41.4 Å². The second-order valence-corrected chi connectivity index (χ2v) is 25.8. The normalized spacial score (nSPS) is 13.2. The molecule has 9 aromatic rings. The van der Waals surface area contributed by atoms with Crippen LogP contribution in [0.5, 0.6) is 5.75 Å². The first-order chi connectivity index (χ1) is 36.9. The zero-order valence-corrected chi connectivity index (χ0v) is 51.9. The van der Waals surface area contributed by atoms with Gasteiger partial charge in [0.15, 0.2) is 0 Å². The van der Waals surface area contributed by atoms with Crippen LogP contribution in [-0.4, -0.2) is 20.3 Å². The first-order valence-electron chi connectivity index (χ1n) is 26.7. The first-order valence-corrected chi connectivity index (χ1v) is 29.4. The molecule has 0 amide bonds. The van der Waals surface area contributed by atoms with Gasteiger partial charge in [-0.15, -0.1) is 17.7 Å². The fourth-order valence-corrected chi connectivity index (χ4v) is 17.0. The van der Waals surface area contributed by atoms with E-state index in [1.54, 1.807) is 20.3 Å². The van der Waals surface area contributed by atoms with E-state index in [9.17, 15) is 0 Å². The van der Waals surface area contributed by atoms with Gasteiger partial charge >= 0.3 is 19.5 Å². The summed E-state index contributed by atoms with van der Waals surface area (Å²) in [6, 6.07) is 64.0. The van der Waals surface area contributed by atoms with Gasteiger partial charge in [-0.25, -0.2) is 0 Å². The summed E-state index contributed by atoms with van der Waals surface area (Å²) in [4.78, 5) is 0. The van der Waals surface area contributed by atoms with Gasteiger partial charge in [-0.1, -0.05) is 216 Å². The zero-order chi connectivity index (χ0) is 54.7. The number of nitrogens with two attached hydrogens (primary N) is 2. The summed E-state index contributed by atoms with van der Waals surface area (Å²) in [6.07, 6.45) is 6.33. The van der Waals surface area contributed by atoms with Crippen molar-refractivity contribution in [1.82, 2.24) is 0 Å². The molecule has 10 rings (SSSR count). The van der Waals surface area contributed by atoms with Crippen LogP contribution in [0, 0.1) is 67.4 Å². The van der Waals surface area contributed by atoms with E-state index < -0.39 is 21.4 Å². The molecule has 0 aromatic heterocycles. The summed E-state index contributed by atoms with van der Waals surface area (Å²) >= 11 is 0. The van der Waals surface area contributed by atoms with Crippen LogP contribution in [0.1, 0.15) is 63.9 Å². The molecule has 2 atom stereocenters. The van der Waals surface area contributed by atoms with Gasteiger partial charge < -0.3 is 33.3 Å². The second-order valence-electron chi connectivity index (χ2n) is 21.4. The van der Waals surface area contributed by atoms with Crippen LogP contribution in [0.15, 0.2) is 199 Å². The van der Waals surface area contributed by atoms with Crippen molar-refractivity contribution in [3.05, 3.63) is 256 Å². The van der Waals surface area contributed by atoms with Gasteiger partial charge in [0.1, 0.15) is 5.75 Å². The Balaban J connectivity index is 0.000000305. The van der Waals surface area contributed by atoms with Crippen LogP contribution in [-0.2, 0) is 29.8 Å². The molecule has 0 fully saturated rings. The van der Waals surface area contributed by atoms with Crippen molar-refractivity contribution in [1.29, 1.82) is 0 Å². The molecule has 0 saturated heterocycles. The van der Waals surface area contributed by atoms with Gasteiger partial charge in [-0.05, 0) is 165 Å². The van der Waals surface area contributed by atoms with E-state index in [-0.39, 0.29) is 43.8 Å². The van der Waals surface area contributed by atoms with Crippen molar-refractivity contribution in [3.63, 3.8) is 0 Å². The molecule has 4 N–H and O–H groups in total. The van der Waals surface area contributed by atoms with E-state index in [0.717, 1.165) is 23.0 Å². The molecular weight excluding hydrogens is 1110 g/mol. The van der Waals surface area contributed by atoms with E-state index in [4.69, 9.17) is 20.9 Å². The predicted molar refractivity (Wildman–Crippen MR) is 335 cm³/mol. The molecule has 0 saturated carbocycles. The SMILES string of the molecule is COc1ccc(C(N)(C2=C=C[C-](OC)C=C2)[C@H](N)C(C)C)cc1.Cc1cc(C)cc(P(c2cc(C)cc(C)c2)c2ccc3ccccc3c2-c2c(P(c3cc(C)cc(C)c3)c3cc(C)cc(C)c3)ccc3ccccc23)c1.[Cl-].[Ru+2]. The third-order valence-corrected chi connectivity index (χ3v) is 19.5. The molecular formula is C71H73ClN2O2P2Ru. The monoisotopic (exact) mass is 1180 g/mol. The molecule has 0 radical (unpaired) electrons. The quantitative estimate of drug-likeness (QED) is 0.0522. The average molecular weight is 1180 g/mol. The Labute approximate surface area is 492 Å². The maximum absolute atomic E-state index is 6.83. The van der Waals surface area contributed by atoms with Crippen molar-refractivity contribution >= 4 is 69.2 Å². The molecule has 0 bridgehead atoms. The van der Waals surface area contributed by atoms with Crippen molar-refractivity contribution in [2.75, 3.05) is 14.2 Å². The number of ether oxygens (including phenoxy) is 2. The minimum Gasteiger partial charge on any atom is -1.00 e. The number of benzene rings is 9. The van der Waals surface area contributed by atoms with E-state index in [0.29, 0.717) is 0 Å². The number of methoxy groups -OCH3 is 2. The molecule has 4 nitrogen and oxygen atoms in total. The number of hydrogen-bond donors (Lipinski definition) is 2. The Kier molecular flexibility index (Phi) is 20.1. The van der Waals surface area contributed by atoms with E-state index in [2.05, 4.69) is 221 Å². The van der Waals surface area contributed by atoms with E-state index >= 15 is 0 Å². The van der Waals surface area contributed by atoms with Gasteiger partial charge in [-0.2, -0.15) is 6.08 Å². The molecule has 1 unspecified atom stereocenters. The standard InChI is InChI=1S/C52H48P2.C19H25N2O2.ClH.Ru/c1-33-21-34(2)26-43(25-33)53(44-27-35(3)22-36(4)28-44)49-19-17-41-13-9-11-15-47(41)51(49)52-48-16-12-10-14-42(48)18-20-50(52)54(45-29-37(5)23-38(6)30-45)46-31-39(7)24-40(8)32-46;1-13(2)18(20)19(21,14-5-9-16(22-3)10-6-14)15-7-11-17(23-4)12-8-15;;/h9-32H,1-8H3;5-7,9-13,18H,20-21H2,1-4H3;1H;/q;-1;;+2/p-1/t;18-,19?;;/m.1../s1. The summed E-state index contributed by atoms with van der Waals surface area (Å²) in [5.74, 6) is 0.991. The Morgan fingerprint density at radius 2 is 0.873 bits per heavy atom. The Hall–Kier alpha value is -5.92. The van der Waals surface area contributed by atoms with Crippen molar-refractivity contribution in [3.8, 4) is 16.9 Å². The van der Waals surface area contributed by atoms with Gasteiger partial charge in [0.2, 0.25) is 0 Å². The topological polar surface area (TPSA) is 70.5 Å². The molecule has 404 valence electrons. The van der Waals surface area contributed by atoms with Gasteiger partial charge in [0.25, 0.3) is 0 Å². The molecule has 0 aliphatic heterocycles. The molecule has 8 heteroatoms. The third-order valence-electron chi connectivity index (χ3n) is 14.7. The predicted octanol–water partition coefficient (Wildman–Crippen LogP) is 11.3. The fourth-order valence-electron chi connectivity index (χ4n) is 11.3. The fraction of sp³-hybridized carbons (Fsp3) is 0.211. The summed E-state index contributed by atoms with van der Waals surface area (Å²) in [6.45, 7) is 22.1. The van der Waals surface area contributed by atoms with Crippen molar-refractivity contribution in [2.24, 2.45) is 17.4 Å². The first kappa shape index (κ1) is 60.7. The van der Waals surface area contributed by atoms with E-state index in [1.807, 2.05) is 36.4 Å². The number of aryl methyl sites for hydroxylation is 8. The van der Waals surface area contributed by atoms with Crippen LogP contribution < -0.4 is 60.4 Å². The minimum absolute atomic E-state index is 0. The number of hydrogen-bond acceptors (Lipinski definition) is 4. The molecule has 1 aliphatic rings. The maximum atomic E-state index is 6.83. The summed E-state index contributed by atoms with van der Waals surface area (Å²) in [5.41, 5.74) is 30.7. The average Bonchev–Trinajstić information content (AvgIpc) is 3.52. The summed E-state index contributed by atoms with van der Waals surface area (Å²) in [5, 5.41) is 13.6. The summed E-state index contributed by atoms with van der Waals surface area (Å²) in [7, 11) is 1.39. The third kappa shape index (κ3) is 13.2. The largest absolute Gasteiger partial charge is 2.00 e. The minimum atomic E-state index is -0.937. The van der Waals surface area contributed by atoms with Crippen LogP contribution >= 0.6 is 15.8 Å². The molecule has 0 spiro atoms. The van der Waals surface area contributed by atoms with Crippen LogP contribution in [0.25, 0.3) is 32.7 Å². The zero-order valence-electron chi connectivity index (χ0n) is 47.6. The number of fused-ring (bicyclic) bond motifs is 2. The van der Waals surface area contributed by atoms with Gasteiger partial charge in [0.05, 0.1) is 12.6 Å². The van der Waals surface area contributed by atoms with Crippen LogP contribution in [0.3, 0.4) is 0 Å². The molecule has 0 heterocycles. The molecule has 9 aromatic carbocycles. The van der Waals surface area contributed by atoms with Gasteiger partial charge in [0, 0.05) is 13.2 Å². The van der Waals surface area contributed by atoms with Gasteiger partial charge in [-0.3, -0.25) is 5.73 Å². The van der Waals surface area contributed by atoms with Crippen LogP contribution in [0.2, 0.25) is 0 Å². The Bertz CT molecular complexity index is 3380. The maximum Gasteiger partial charge on any atom is 2.00 e. The number of rotatable bonds is 13. The molecule has 79 heavy (non-hydrogen) atoms. The van der Waals surface area contributed by atoms with Crippen LogP contribution in [0.4, 0.5) is 0 Å². The smallest absolute Gasteiger partial charge is 1.00 e. The van der Waals surface area contributed by atoms with E-state index in [1.165, 1.54) is 109 Å². The summed E-state index contributed by atoms with van der Waals surface area (Å²) < 4.78 is 10.4. The Morgan fingerprint density at radius 1 is 0.506 bits per heavy atom.